The third-order valence-corrected chi connectivity index (χ3v) is 6.33. The minimum absolute atomic E-state index is 0.232. The highest BCUT2D eigenvalue weighted by Crippen LogP contribution is 2.35. The van der Waals surface area contributed by atoms with Gasteiger partial charge in [-0.3, -0.25) is 19.8 Å². The Bertz CT molecular complexity index is 1070. The maximum absolute atomic E-state index is 13.2. The predicted octanol–water partition coefficient (Wildman–Crippen LogP) is 3.73. The topological polar surface area (TPSA) is 100 Å². The SMILES string of the molecule is CNC(=O)NC(=O)C(C)SC1=NC(=Cc2cccs2)C(=O)N1c1ccc(OC)c(Cl)c1. The number of ether oxygens (including phenoxy) is 1. The molecule has 4 amide bonds. The number of hydrogen-bond donors (Lipinski definition) is 2. The molecule has 162 valence electrons. The molecule has 2 heterocycles. The Kier molecular flexibility index (Phi) is 7.37. The lowest BCUT2D eigenvalue weighted by Gasteiger charge is -2.20. The van der Waals surface area contributed by atoms with Crippen LogP contribution in [0.3, 0.4) is 0 Å². The van der Waals surface area contributed by atoms with E-state index in [1.54, 1.807) is 31.2 Å². The number of benzene rings is 1. The number of nitrogens with zero attached hydrogens (tertiary/aromatic N) is 2. The quantitative estimate of drug-likeness (QED) is 0.638. The Morgan fingerprint density at radius 1 is 1.35 bits per heavy atom. The molecule has 11 heteroatoms. The van der Waals surface area contributed by atoms with Crippen LogP contribution in [0, 0.1) is 0 Å². The van der Waals surface area contributed by atoms with Gasteiger partial charge in [-0.05, 0) is 42.6 Å². The van der Waals surface area contributed by atoms with Crippen molar-refractivity contribution >= 4 is 69.5 Å². The smallest absolute Gasteiger partial charge is 0.321 e. The van der Waals surface area contributed by atoms with Crippen molar-refractivity contribution in [2.45, 2.75) is 12.2 Å². The van der Waals surface area contributed by atoms with Crippen molar-refractivity contribution in [3.63, 3.8) is 0 Å². The number of rotatable bonds is 5. The van der Waals surface area contributed by atoms with Gasteiger partial charge in [0.15, 0.2) is 5.17 Å². The summed E-state index contributed by atoms with van der Waals surface area (Å²) in [6, 6.07) is 8.07. The number of nitrogens with one attached hydrogen (secondary N) is 2. The maximum Gasteiger partial charge on any atom is 0.321 e. The molecule has 0 bridgehead atoms. The zero-order chi connectivity index (χ0) is 22.5. The van der Waals surface area contributed by atoms with Crippen LogP contribution in [0.1, 0.15) is 11.8 Å². The molecule has 1 atom stereocenters. The van der Waals surface area contributed by atoms with Crippen molar-refractivity contribution in [1.29, 1.82) is 0 Å². The van der Waals surface area contributed by atoms with Crippen LogP contribution in [0.25, 0.3) is 6.08 Å². The highest BCUT2D eigenvalue weighted by atomic mass is 35.5. The largest absolute Gasteiger partial charge is 0.495 e. The second kappa shape index (κ2) is 9.99. The first-order valence-corrected chi connectivity index (χ1v) is 11.2. The molecular weight excluding hydrogens is 460 g/mol. The Morgan fingerprint density at radius 2 is 2.13 bits per heavy atom. The van der Waals surface area contributed by atoms with E-state index in [-0.39, 0.29) is 11.6 Å². The third kappa shape index (κ3) is 5.27. The number of urea groups is 1. The summed E-state index contributed by atoms with van der Waals surface area (Å²) in [7, 11) is 2.91. The number of thiophene rings is 1. The lowest BCUT2D eigenvalue weighted by atomic mass is 10.2. The molecule has 1 aliphatic rings. The molecule has 31 heavy (non-hydrogen) atoms. The molecule has 1 unspecified atom stereocenters. The first-order valence-electron chi connectivity index (χ1n) is 9.05. The van der Waals surface area contributed by atoms with E-state index >= 15 is 0 Å². The number of carbonyl (C=O) groups is 3. The molecule has 1 aromatic carbocycles. The molecular formula is C20H19ClN4O4S2. The normalized spacial score (nSPS) is 15.6. The summed E-state index contributed by atoms with van der Waals surface area (Å²) >= 11 is 8.79. The molecule has 0 radical (unpaired) electrons. The number of amidine groups is 1. The van der Waals surface area contributed by atoms with Gasteiger partial charge in [-0.1, -0.05) is 29.4 Å². The highest BCUT2D eigenvalue weighted by molar-refractivity contribution is 8.15. The van der Waals surface area contributed by atoms with Crippen molar-refractivity contribution in [1.82, 2.24) is 10.6 Å². The molecule has 0 saturated heterocycles. The number of halogens is 1. The Hall–Kier alpha value is -2.82. The minimum Gasteiger partial charge on any atom is -0.495 e. The molecule has 3 rings (SSSR count). The molecule has 8 nitrogen and oxygen atoms in total. The van der Waals surface area contributed by atoms with Gasteiger partial charge >= 0.3 is 6.03 Å². The molecule has 2 N–H and O–H groups in total. The van der Waals surface area contributed by atoms with E-state index in [1.165, 1.54) is 30.4 Å². The summed E-state index contributed by atoms with van der Waals surface area (Å²) in [5, 5.41) is 6.39. The van der Waals surface area contributed by atoms with E-state index in [4.69, 9.17) is 16.3 Å². The highest BCUT2D eigenvalue weighted by Gasteiger charge is 2.34. The zero-order valence-electron chi connectivity index (χ0n) is 16.8. The fourth-order valence-electron chi connectivity index (χ4n) is 2.59. The van der Waals surface area contributed by atoms with E-state index in [9.17, 15) is 14.4 Å². The number of anilines is 1. The van der Waals surface area contributed by atoms with Gasteiger partial charge in [-0.15, -0.1) is 11.3 Å². The summed E-state index contributed by atoms with van der Waals surface area (Å²) in [5.41, 5.74) is 0.714. The monoisotopic (exact) mass is 478 g/mol. The molecule has 0 saturated carbocycles. The minimum atomic E-state index is -0.693. The Morgan fingerprint density at radius 3 is 2.74 bits per heavy atom. The van der Waals surface area contributed by atoms with Crippen molar-refractivity contribution in [2.75, 3.05) is 19.1 Å². The van der Waals surface area contributed by atoms with E-state index < -0.39 is 17.2 Å². The fraction of sp³-hybridized carbons (Fsp3) is 0.200. The molecule has 2 aromatic rings. The summed E-state index contributed by atoms with van der Waals surface area (Å²) in [6.07, 6.45) is 1.69. The van der Waals surface area contributed by atoms with Crippen LogP contribution in [0.5, 0.6) is 5.75 Å². The van der Waals surface area contributed by atoms with Crippen molar-refractivity contribution in [3.05, 3.63) is 51.3 Å². The Labute approximate surface area is 192 Å². The molecule has 1 aliphatic heterocycles. The summed E-state index contributed by atoms with van der Waals surface area (Å²) in [4.78, 5) is 43.6. The van der Waals surface area contributed by atoms with E-state index in [0.717, 1.165) is 16.6 Å². The van der Waals surface area contributed by atoms with E-state index in [1.807, 2.05) is 17.5 Å². The summed E-state index contributed by atoms with van der Waals surface area (Å²) < 4.78 is 5.18. The number of thioether (sulfide) groups is 1. The van der Waals surface area contributed by atoms with Gasteiger partial charge in [0, 0.05) is 11.9 Å². The van der Waals surface area contributed by atoms with Crippen LogP contribution in [-0.2, 0) is 9.59 Å². The Balaban J connectivity index is 1.94. The molecule has 0 fully saturated rings. The number of hydrogen-bond acceptors (Lipinski definition) is 7. The van der Waals surface area contributed by atoms with Crippen molar-refractivity contribution in [3.8, 4) is 5.75 Å². The van der Waals surface area contributed by atoms with Crippen LogP contribution in [0.15, 0.2) is 46.4 Å². The summed E-state index contributed by atoms with van der Waals surface area (Å²) in [6.45, 7) is 1.62. The third-order valence-electron chi connectivity index (χ3n) is 4.16. The number of amides is 4. The molecule has 1 aromatic heterocycles. The number of aliphatic imine (C=N–C) groups is 1. The van der Waals surface area contributed by atoms with Gasteiger partial charge in [0.05, 0.1) is 23.1 Å². The number of carbonyl (C=O) groups excluding carboxylic acids is 3. The van der Waals surface area contributed by atoms with Crippen LogP contribution >= 0.6 is 34.7 Å². The van der Waals surface area contributed by atoms with Crippen molar-refractivity contribution in [2.24, 2.45) is 4.99 Å². The van der Waals surface area contributed by atoms with E-state index in [0.29, 0.717) is 21.6 Å². The van der Waals surface area contributed by atoms with Crippen LogP contribution < -0.4 is 20.3 Å². The number of methoxy groups -OCH3 is 1. The maximum atomic E-state index is 13.2. The lowest BCUT2D eigenvalue weighted by Crippen LogP contribution is -2.42. The zero-order valence-corrected chi connectivity index (χ0v) is 19.2. The van der Waals surface area contributed by atoms with Gasteiger partial charge in [0.25, 0.3) is 5.91 Å². The lowest BCUT2D eigenvalue weighted by molar-refractivity contribution is -0.119. The second-order valence-electron chi connectivity index (χ2n) is 6.23. The van der Waals surface area contributed by atoms with Crippen LogP contribution in [-0.4, -0.2) is 42.4 Å². The standard InChI is InChI=1S/C20H19ClN4O4S2/c1-11(17(26)24-19(28)22-2)31-20-23-15(10-13-5-4-8-30-13)18(27)25(20)12-6-7-16(29-3)14(21)9-12/h4-11H,1-3H3,(H2,22,24,26,28). The van der Waals surface area contributed by atoms with Gasteiger partial charge in [-0.25, -0.2) is 9.79 Å². The average molecular weight is 479 g/mol. The van der Waals surface area contributed by atoms with E-state index in [2.05, 4.69) is 15.6 Å². The predicted molar refractivity (Wildman–Crippen MR) is 125 cm³/mol. The molecule has 0 spiro atoms. The molecule has 0 aliphatic carbocycles. The first-order chi connectivity index (χ1) is 14.8. The number of imide groups is 1. The van der Waals surface area contributed by atoms with Gasteiger partial charge in [0.1, 0.15) is 11.4 Å². The van der Waals surface area contributed by atoms with Gasteiger partial charge in [-0.2, -0.15) is 0 Å². The van der Waals surface area contributed by atoms with Crippen LogP contribution in [0.4, 0.5) is 10.5 Å². The summed E-state index contributed by atoms with van der Waals surface area (Å²) in [5.74, 6) is -0.394. The van der Waals surface area contributed by atoms with Crippen LogP contribution in [0.2, 0.25) is 5.02 Å². The second-order valence-corrected chi connectivity index (χ2v) is 8.92. The van der Waals surface area contributed by atoms with Crippen molar-refractivity contribution < 1.29 is 19.1 Å². The first kappa shape index (κ1) is 22.9. The van der Waals surface area contributed by atoms with Gasteiger partial charge in [0.2, 0.25) is 5.91 Å². The van der Waals surface area contributed by atoms with Gasteiger partial charge < -0.3 is 10.1 Å². The fourth-order valence-corrected chi connectivity index (χ4v) is 4.42. The average Bonchev–Trinajstić information content (AvgIpc) is 3.36.